The van der Waals surface area contributed by atoms with Gasteiger partial charge in [0, 0.05) is 0 Å². The number of anilines is 1. The number of carbonyl (C=O) groups is 5. The van der Waals surface area contributed by atoms with Crippen LogP contribution in [0.4, 0.5) is 10.5 Å². The SMILES string of the molecule is CC[C@]1(C)NC(=O)N(CC(=O)OCC(=O)Nc2ccccc2C(=O)OC)C1=O. The molecule has 0 aliphatic carbocycles. The zero-order valence-electron chi connectivity index (χ0n) is 15.7. The lowest BCUT2D eigenvalue weighted by molar-refractivity contribution is -0.150. The summed E-state index contributed by atoms with van der Waals surface area (Å²) >= 11 is 0. The molecule has 1 aromatic rings. The van der Waals surface area contributed by atoms with Gasteiger partial charge in [0.1, 0.15) is 12.1 Å². The Kier molecular flexibility index (Phi) is 6.34. The molecule has 10 heteroatoms. The van der Waals surface area contributed by atoms with Gasteiger partial charge in [-0.05, 0) is 25.5 Å². The molecule has 2 rings (SSSR count). The number of imide groups is 1. The summed E-state index contributed by atoms with van der Waals surface area (Å²) < 4.78 is 9.45. The normalized spacial score (nSPS) is 18.5. The maximum absolute atomic E-state index is 12.2. The number of hydrogen-bond acceptors (Lipinski definition) is 7. The number of urea groups is 1. The number of carbonyl (C=O) groups excluding carboxylic acids is 5. The monoisotopic (exact) mass is 391 g/mol. The van der Waals surface area contributed by atoms with Crippen LogP contribution in [0.1, 0.15) is 30.6 Å². The van der Waals surface area contributed by atoms with E-state index in [1.54, 1.807) is 26.0 Å². The van der Waals surface area contributed by atoms with Crippen LogP contribution in [0, 0.1) is 0 Å². The first kappa shape index (κ1) is 20.9. The number of esters is 2. The Labute approximate surface area is 161 Å². The average Bonchev–Trinajstić information content (AvgIpc) is 2.90. The van der Waals surface area contributed by atoms with E-state index in [1.807, 2.05) is 0 Å². The summed E-state index contributed by atoms with van der Waals surface area (Å²) in [5.41, 5.74) is -0.724. The first-order valence-corrected chi connectivity index (χ1v) is 8.48. The Morgan fingerprint density at radius 1 is 1.21 bits per heavy atom. The van der Waals surface area contributed by atoms with E-state index in [1.165, 1.54) is 19.2 Å². The van der Waals surface area contributed by atoms with Crippen molar-refractivity contribution in [3.05, 3.63) is 29.8 Å². The maximum atomic E-state index is 12.2. The van der Waals surface area contributed by atoms with Crippen LogP contribution in [0.25, 0.3) is 0 Å². The highest BCUT2D eigenvalue weighted by molar-refractivity contribution is 6.08. The third kappa shape index (κ3) is 4.45. The van der Waals surface area contributed by atoms with Gasteiger partial charge in [0.05, 0.1) is 18.4 Å². The fraction of sp³-hybridized carbons (Fsp3) is 0.389. The highest BCUT2D eigenvalue weighted by Crippen LogP contribution is 2.20. The van der Waals surface area contributed by atoms with Gasteiger partial charge in [-0.1, -0.05) is 19.1 Å². The first-order chi connectivity index (χ1) is 13.2. The second kappa shape index (κ2) is 8.51. The van der Waals surface area contributed by atoms with Crippen molar-refractivity contribution in [2.45, 2.75) is 25.8 Å². The molecule has 1 atom stereocenters. The zero-order chi connectivity index (χ0) is 20.9. The van der Waals surface area contributed by atoms with Crippen molar-refractivity contribution < 1.29 is 33.4 Å². The average molecular weight is 391 g/mol. The molecule has 10 nitrogen and oxygen atoms in total. The maximum Gasteiger partial charge on any atom is 0.339 e. The predicted molar refractivity (Wildman–Crippen MR) is 96.3 cm³/mol. The summed E-state index contributed by atoms with van der Waals surface area (Å²) in [6, 6.07) is 5.48. The molecule has 1 aliphatic rings. The lowest BCUT2D eigenvalue weighted by atomic mass is 9.99. The molecule has 2 N–H and O–H groups in total. The number of para-hydroxylation sites is 1. The standard InChI is InChI=1S/C18H21N3O7/c1-4-18(2)16(25)21(17(26)20-18)9-14(23)28-10-13(22)19-12-8-6-5-7-11(12)15(24)27-3/h5-8H,4,9-10H2,1-3H3,(H,19,22)(H,20,26)/t18-/m0/s1. The zero-order valence-corrected chi connectivity index (χ0v) is 15.7. The lowest BCUT2D eigenvalue weighted by Gasteiger charge is -2.18. The van der Waals surface area contributed by atoms with E-state index in [4.69, 9.17) is 4.74 Å². The molecule has 1 heterocycles. The van der Waals surface area contributed by atoms with Gasteiger partial charge >= 0.3 is 18.0 Å². The molecule has 1 aromatic carbocycles. The van der Waals surface area contributed by atoms with Crippen LogP contribution in [-0.4, -0.2) is 60.5 Å². The smallest absolute Gasteiger partial charge is 0.339 e. The summed E-state index contributed by atoms with van der Waals surface area (Å²) in [5, 5.41) is 4.95. The number of nitrogens with one attached hydrogen (secondary N) is 2. The molecule has 1 fully saturated rings. The fourth-order valence-electron chi connectivity index (χ4n) is 2.52. The van der Waals surface area contributed by atoms with E-state index in [9.17, 15) is 24.0 Å². The van der Waals surface area contributed by atoms with E-state index in [2.05, 4.69) is 15.4 Å². The number of benzene rings is 1. The molecule has 0 bridgehead atoms. The molecule has 0 spiro atoms. The summed E-state index contributed by atoms with van der Waals surface area (Å²) in [6.45, 7) is 2.04. The van der Waals surface area contributed by atoms with Gasteiger partial charge in [0.2, 0.25) is 0 Å². The summed E-state index contributed by atoms with van der Waals surface area (Å²) in [4.78, 5) is 60.4. The Morgan fingerprint density at radius 3 is 2.50 bits per heavy atom. The van der Waals surface area contributed by atoms with Crippen LogP contribution in [0.5, 0.6) is 0 Å². The largest absolute Gasteiger partial charge is 0.465 e. The van der Waals surface area contributed by atoms with Crippen LogP contribution in [0.15, 0.2) is 24.3 Å². The Hall–Kier alpha value is -3.43. The van der Waals surface area contributed by atoms with Gasteiger partial charge in [-0.25, -0.2) is 9.59 Å². The molecular weight excluding hydrogens is 370 g/mol. The van der Waals surface area contributed by atoms with Crippen molar-refractivity contribution in [3.8, 4) is 0 Å². The van der Waals surface area contributed by atoms with E-state index >= 15 is 0 Å². The Balaban J connectivity index is 1.90. The van der Waals surface area contributed by atoms with E-state index in [-0.39, 0.29) is 11.3 Å². The Morgan fingerprint density at radius 2 is 1.89 bits per heavy atom. The second-order valence-corrected chi connectivity index (χ2v) is 6.25. The second-order valence-electron chi connectivity index (χ2n) is 6.25. The van der Waals surface area contributed by atoms with E-state index in [0.29, 0.717) is 6.42 Å². The molecule has 1 aliphatic heterocycles. The molecule has 0 radical (unpaired) electrons. The lowest BCUT2D eigenvalue weighted by Crippen LogP contribution is -2.43. The van der Waals surface area contributed by atoms with Crippen LogP contribution < -0.4 is 10.6 Å². The number of amides is 4. The molecule has 28 heavy (non-hydrogen) atoms. The summed E-state index contributed by atoms with van der Waals surface area (Å²) in [7, 11) is 1.21. The van der Waals surface area contributed by atoms with Gasteiger partial charge in [-0.3, -0.25) is 19.3 Å². The summed E-state index contributed by atoms with van der Waals surface area (Å²) in [5.74, 6) is -2.78. The first-order valence-electron chi connectivity index (χ1n) is 8.48. The van der Waals surface area contributed by atoms with Crippen LogP contribution >= 0.6 is 0 Å². The molecule has 0 aromatic heterocycles. The molecule has 0 saturated carbocycles. The third-order valence-corrected chi connectivity index (χ3v) is 4.31. The predicted octanol–water partition coefficient (Wildman–Crippen LogP) is 0.675. The number of methoxy groups -OCH3 is 1. The fourth-order valence-corrected chi connectivity index (χ4v) is 2.52. The van der Waals surface area contributed by atoms with Crippen LogP contribution in [0.3, 0.4) is 0 Å². The van der Waals surface area contributed by atoms with Crippen molar-refractivity contribution in [2.24, 2.45) is 0 Å². The highest BCUT2D eigenvalue weighted by atomic mass is 16.5. The van der Waals surface area contributed by atoms with Crippen molar-refractivity contribution in [3.63, 3.8) is 0 Å². The minimum atomic E-state index is -1.06. The van der Waals surface area contributed by atoms with Crippen molar-refractivity contribution in [1.29, 1.82) is 0 Å². The van der Waals surface area contributed by atoms with Gasteiger partial charge in [0.15, 0.2) is 6.61 Å². The van der Waals surface area contributed by atoms with E-state index in [0.717, 1.165) is 4.90 Å². The van der Waals surface area contributed by atoms with Crippen molar-refractivity contribution >= 4 is 35.5 Å². The number of ether oxygens (including phenoxy) is 2. The molecule has 1 saturated heterocycles. The third-order valence-electron chi connectivity index (χ3n) is 4.31. The van der Waals surface area contributed by atoms with Gasteiger partial charge in [-0.15, -0.1) is 0 Å². The van der Waals surface area contributed by atoms with Gasteiger partial charge < -0.3 is 20.1 Å². The van der Waals surface area contributed by atoms with Crippen molar-refractivity contribution in [2.75, 3.05) is 25.6 Å². The van der Waals surface area contributed by atoms with Crippen LogP contribution in [0.2, 0.25) is 0 Å². The molecular formula is C18H21N3O7. The number of nitrogens with zero attached hydrogens (tertiary/aromatic N) is 1. The molecule has 4 amide bonds. The minimum absolute atomic E-state index is 0.142. The topological polar surface area (TPSA) is 131 Å². The quantitative estimate of drug-likeness (QED) is 0.516. The Bertz CT molecular complexity index is 823. The van der Waals surface area contributed by atoms with E-state index < -0.39 is 48.5 Å². The molecule has 0 unspecified atom stereocenters. The summed E-state index contributed by atoms with van der Waals surface area (Å²) in [6.07, 6.45) is 0.366. The number of hydrogen-bond donors (Lipinski definition) is 2. The minimum Gasteiger partial charge on any atom is -0.465 e. The van der Waals surface area contributed by atoms with Crippen LogP contribution in [-0.2, 0) is 23.9 Å². The van der Waals surface area contributed by atoms with Crippen molar-refractivity contribution in [1.82, 2.24) is 10.2 Å². The van der Waals surface area contributed by atoms with Gasteiger partial charge in [0.25, 0.3) is 11.8 Å². The number of rotatable bonds is 7. The highest BCUT2D eigenvalue weighted by Gasteiger charge is 2.47. The van der Waals surface area contributed by atoms with Gasteiger partial charge in [-0.2, -0.15) is 0 Å². The molecule has 150 valence electrons.